The van der Waals surface area contributed by atoms with Crippen molar-refractivity contribution in [2.24, 2.45) is 0 Å². The summed E-state index contributed by atoms with van der Waals surface area (Å²) in [7, 11) is 0. The molecule has 0 spiro atoms. The highest BCUT2D eigenvalue weighted by molar-refractivity contribution is 6.32. The van der Waals surface area contributed by atoms with Gasteiger partial charge in [-0.3, -0.25) is 4.79 Å². The van der Waals surface area contributed by atoms with Crippen LogP contribution >= 0.6 is 11.6 Å². The van der Waals surface area contributed by atoms with Crippen molar-refractivity contribution in [3.05, 3.63) is 82.8 Å². The number of aromatic nitrogens is 1. The molecule has 1 aliphatic heterocycles. The zero-order chi connectivity index (χ0) is 20.9. The van der Waals surface area contributed by atoms with E-state index in [1.165, 1.54) is 12.1 Å². The summed E-state index contributed by atoms with van der Waals surface area (Å²) in [5.41, 5.74) is 0.829. The van der Waals surface area contributed by atoms with Gasteiger partial charge in [-0.2, -0.15) is 0 Å². The molecule has 1 amide bonds. The molecular weight excluding hydrogens is 407 g/mol. The molecule has 7 heteroatoms. The van der Waals surface area contributed by atoms with Crippen LogP contribution in [0.25, 0.3) is 0 Å². The summed E-state index contributed by atoms with van der Waals surface area (Å²) in [6.45, 7) is 1.15. The third kappa shape index (κ3) is 5.00. The van der Waals surface area contributed by atoms with Gasteiger partial charge in [-0.25, -0.2) is 9.37 Å². The van der Waals surface area contributed by atoms with Crippen LogP contribution in [0.5, 0.6) is 5.75 Å². The average molecular weight is 429 g/mol. The number of benzene rings is 2. The van der Waals surface area contributed by atoms with Crippen molar-refractivity contribution in [1.82, 2.24) is 9.88 Å². The number of ether oxygens (including phenoxy) is 1. The van der Waals surface area contributed by atoms with Gasteiger partial charge in [0.15, 0.2) is 12.5 Å². The maximum absolute atomic E-state index is 13.4. The van der Waals surface area contributed by atoms with Gasteiger partial charge in [0.2, 0.25) is 0 Å². The van der Waals surface area contributed by atoms with Gasteiger partial charge < -0.3 is 14.1 Å². The molecule has 0 unspecified atom stereocenters. The summed E-state index contributed by atoms with van der Waals surface area (Å²) < 4.78 is 24.9. The van der Waals surface area contributed by atoms with E-state index in [2.05, 4.69) is 4.98 Å². The number of para-hydroxylation sites is 1. The summed E-state index contributed by atoms with van der Waals surface area (Å²) in [5.74, 6) is 1.46. The Kier molecular flexibility index (Phi) is 6.33. The first kappa shape index (κ1) is 20.4. The maximum Gasteiger partial charge on any atom is 0.260 e. The predicted octanol–water partition coefficient (Wildman–Crippen LogP) is 4.84. The van der Waals surface area contributed by atoms with Crippen molar-refractivity contribution in [3.63, 3.8) is 0 Å². The van der Waals surface area contributed by atoms with Crippen LogP contribution in [-0.2, 0) is 11.2 Å². The standard InChI is InChI=1S/C23H22ClFN2O3/c24-20-8-1-2-9-21(20)29-15-22(28)27-10-4-6-17(14-27)23-26-13-19(30-23)12-16-5-3-7-18(25)11-16/h1-3,5,7-9,11,13,17H,4,6,10,12,14-15H2/t17-/m1/s1. The molecular formula is C23H22ClFN2O3. The van der Waals surface area contributed by atoms with Gasteiger partial charge in [0.1, 0.15) is 17.3 Å². The minimum Gasteiger partial charge on any atom is -0.482 e. The smallest absolute Gasteiger partial charge is 0.260 e. The fraction of sp³-hybridized carbons (Fsp3) is 0.304. The van der Waals surface area contributed by atoms with Crippen LogP contribution < -0.4 is 4.74 Å². The molecule has 156 valence electrons. The van der Waals surface area contributed by atoms with E-state index < -0.39 is 0 Å². The molecule has 2 heterocycles. The predicted molar refractivity (Wildman–Crippen MR) is 111 cm³/mol. The van der Waals surface area contributed by atoms with Crippen LogP contribution in [0.15, 0.2) is 59.1 Å². The summed E-state index contributed by atoms with van der Waals surface area (Å²) >= 11 is 6.07. The molecule has 5 nitrogen and oxygen atoms in total. The second-order valence-corrected chi connectivity index (χ2v) is 7.78. The number of piperidine rings is 1. The molecule has 0 aliphatic carbocycles. The zero-order valence-electron chi connectivity index (χ0n) is 16.4. The molecule has 1 fully saturated rings. The maximum atomic E-state index is 13.4. The van der Waals surface area contributed by atoms with Gasteiger partial charge in [0.25, 0.3) is 5.91 Å². The first-order chi connectivity index (χ1) is 14.6. The molecule has 30 heavy (non-hydrogen) atoms. The van der Waals surface area contributed by atoms with Gasteiger partial charge in [-0.15, -0.1) is 0 Å². The number of carbonyl (C=O) groups excluding carboxylic acids is 1. The van der Waals surface area contributed by atoms with Crippen LogP contribution in [0.1, 0.15) is 36.0 Å². The van der Waals surface area contributed by atoms with Crippen LogP contribution in [0.3, 0.4) is 0 Å². The molecule has 1 aliphatic rings. The summed E-state index contributed by atoms with van der Waals surface area (Å²) in [5, 5.41) is 0.479. The summed E-state index contributed by atoms with van der Waals surface area (Å²) in [6.07, 6.45) is 3.92. The second-order valence-electron chi connectivity index (χ2n) is 7.37. The number of likely N-dealkylation sites (tertiary alicyclic amines) is 1. The van der Waals surface area contributed by atoms with E-state index in [1.807, 2.05) is 18.2 Å². The van der Waals surface area contributed by atoms with Crippen LogP contribution in [0.4, 0.5) is 4.39 Å². The highest BCUT2D eigenvalue weighted by Gasteiger charge is 2.28. The summed E-state index contributed by atoms with van der Waals surface area (Å²) in [6, 6.07) is 13.5. The SMILES string of the molecule is O=C(COc1ccccc1Cl)N1CCC[C@@H](c2ncc(Cc3cccc(F)c3)o2)C1. The van der Waals surface area contributed by atoms with Crippen molar-refractivity contribution in [3.8, 4) is 5.75 Å². The van der Waals surface area contributed by atoms with Crippen LogP contribution in [-0.4, -0.2) is 35.5 Å². The number of halogens is 2. The molecule has 0 radical (unpaired) electrons. The number of carbonyl (C=O) groups is 1. The summed E-state index contributed by atoms with van der Waals surface area (Å²) in [4.78, 5) is 18.8. The molecule has 0 bridgehead atoms. The van der Waals surface area contributed by atoms with Gasteiger partial charge in [0.05, 0.1) is 17.1 Å². The van der Waals surface area contributed by atoms with E-state index in [1.54, 1.807) is 29.3 Å². The van der Waals surface area contributed by atoms with Gasteiger partial charge in [0, 0.05) is 19.5 Å². The third-order valence-corrected chi connectivity index (χ3v) is 5.46. The average Bonchev–Trinajstić information content (AvgIpc) is 3.21. The fourth-order valence-electron chi connectivity index (χ4n) is 3.64. The van der Waals surface area contributed by atoms with E-state index >= 15 is 0 Å². The van der Waals surface area contributed by atoms with E-state index in [9.17, 15) is 9.18 Å². The highest BCUT2D eigenvalue weighted by Crippen LogP contribution is 2.28. The molecule has 1 saturated heterocycles. The Morgan fingerprint density at radius 1 is 1.27 bits per heavy atom. The minimum absolute atomic E-state index is 0.0317. The quantitative estimate of drug-likeness (QED) is 0.563. The normalized spacial score (nSPS) is 16.5. The first-order valence-corrected chi connectivity index (χ1v) is 10.3. The van der Waals surface area contributed by atoms with E-state index in [0.29, 0.717) is 41.9 Å². The topological polar surface area (TPSA) is 55.6 Å². The second kappa shape index (κ2) is 9.30. The molecule has 4 rings (SSSR count). The monoisotopic (exact) mass is 428 g/mol. The molecule has 2 aromatic carbocycles. The van der Waals surface area contributed by atoms with E-state index in [4.69, 9.17) is 20.8 Å². The fourth-order valence-corrected chi connectivity index (χ4v) is 3.83. The Hall–Kier alpha value is -2.86. The number of rotatable bonds is 6. The first-order valence-electron chi connectivity index (χ1n) is 9.92. The number of hydrogen-bond donors (Lipinski definition) is 0. The van der Waals surface area contributed by atoms with Crippen molar-refractivity contribution in [2.75, 3.05) is 19.7 Å². The largest absolute Gasteiger partial charge is 0.482 e. The number of oxazole rings is 1. The van der Waals surface area contributed by atoms with Gasteiger partial charge in [-0.1, -0.05) is 35.9 Å². The number of hydrogen-bond acceptors (Lipinski definition) is 4. The number of nitrogens with zero attached hydrogens (tertiary/aromatic N) is 2. The Balaban J connectivity index is 1.35. The minimum atomic E-state index is -0.271. The molecule has 0 saturated carbocycles. The molecule has 1 atom stereocenters. The number of amides is 1. The van der Waals surface area contributed by atoms with Crippen molar-refractivity contribution in [1.29, 1.82) is 0 Å². The Morgan fingerprint density at radius 2 is 2.13 bits per heavy atom. The lowest BCUT2D eigenvalue weighted by molar-refractivity contribution is -0.134. The van der Waals surface area contributed by atoms with Crippen LogP contribution in [0, 0.1) is 5.82 Å². The lowest BCUT2D eigenvalue weighted by atomic mass is 9.98. The Bertz CT molecular complexity index is 1020. The van der Waals surface area contributed by atoms with E-state index in [-0.39, 0.29) is 24.2 Å². The van der Waals surface area contributed by atoms with Crippen molar-refractivity contribution in [2.45, 2.75) is 25.2 Å². The zero-order valence-corrected chi connectivity index (χ0v) is 17.1. The highest BCUT2D eigenvalue weighted by atomic mass is 35.5. The molecule has 1 aromatic heterocycles. The molecule has 3 aromatic rings. The lowest BCUT2D eigenvalue weighted by Crippen LogP contribution is -2.41. The third-order valence-electron chi connectivity index (χ3n) is 5.15. The Morgan fingerprint density at radius 3 is 2.97 bits per heavy atom. The van der Waals surface area contributed by atoms with E-state index in [0.717, 1.165) is 18.4 Å². The van der Waals surface area contributed by atoms with Gasteiger partial charge in [-0.05, 0) is 42.7 Å². The Labute approximate surface area is 179 Å². The van der Waals surface area contributed by atoms with Crippen molar-refractivity contribution < 1.29 is 18.3 Å². The van der Waals surface area contributed by atoms with Gasteiger partial charge >= 0.3 is 0 Å². The van der Waals surface area contributed by atoms with Crippen LogP contribution in [0.2, 0.25) is 5.02 Å². The lowest BCUT2D eigenvalue weighted by Gasteiger charge is -2.31. The molecule has 0 N–H and O–H groups in total. The van der Waals surface area contributed by atoms with Crippen molar-refractivity contribution >= 4 is 17.5 Å².